The highest BCUT2D eigenvalue weighted by molar-refractivity contribution is 6.31. The van der Waals surface area contributed by atoms with Gasteiger partial charge in [-0.3, -0.25) is 0 Å². The van der Waals surface area contributed by atoms with Crippen LogP contribution in [0.25, 0.3) is 10.9 Å². The van der Waals surface area contributed by atoms with Gasteiger partial charge in [-0.15, -0.1) is 0 Å². The molecular formula is C15H13Cl2N3. The molecular weight excluding hydrogens is 293 g/mol. The van der Waals surface area contributed by atoms with Gasteiger partial charge in [-0.05, 0) is 36.2 Å². The number of rotatable bonds is 3. The van der Waals surface area contributed by atoms with Crippen LogP contribution in [0.1, 0.15) is 11.1 Å². The van der Waals surface area contributed by atoms with E-state index in [0.717, 1.165) is 21.8 Å². The van der Waals surface area contributed by atoms with Crippen molar-refractivity contribution in [3.05, 3.63) is 58.0 Å². The Balaban J connectivity index is 1.81. The number of nitrogens with zero attached hydrogens (tertiary/aromatic N) is 1. The van der Waals surface area contributed by atoms with Crippen LogP contribution in [0.2, 0.25) is 10.2 Å². The van der Waals surface area contributed by atoms with Crippen LogP contribution in [0.5, 0.6) is 0 Å². The Labute approximate surface area is 126 Å². The Bertz CT molecular complexity index is 765. The van der Waals surface area contributed by atoms with Crippen molar-refractivity contribution in [2.75, 3.05) is 5.32 Å². The summed E-state index contributed by atoms with van der Waals surface area (Å²) in [6.45, 7) is 2.65. The van der Waals surface area contributed by atoms with Crippen LogP contribution in [0.3, 0.4) is 0 Å². The zero-order valence-electron chi connectivity index (χ0n) is 10.9. The lowest BCUT2D eigenvalue weighted by Crippen LogP contribution is -1.99. The summed E-state index contributed by atoms with van der Waals surface area (Å²) in [5, 5.41) is 5.79. The average Bonchev–Trinajstić information content (AvgIpc) is 2.82. The largest absolute Gasteiger partial charge is 0.380 e. The molecule has 0 saturated carbocycles. The summed E-state index contributed by atoms with van der Waals surface area (Å²) in [4.78, 5) is 7.35. The molecule has 0 aliphatic heterocycles. The topological polar surface area (TPSA) is 40.7 Å². The summed E-state index contributed by atoms with van der Waals surface area (Å²) in [6, 6.07) is 7.83. The van der Waals surface area contributed by atoms with Crippen molar-refractivity contribution < 1.29 is 0 Å². The maximum atomic E-state index is 5.98. The summed E-state index contributed by atoms with van der Waals surface area (Å²) >= 11 is 11.9. The predicted molar refractivity (Wildman–Crippen MR) is 84.6 cm³/mol. The van der Waals surface area contributed by atoms with Gasteiger partial charge in [0, 0.05) is 28.7 Å². The molecule has 1 aromatic carbocycles. The third-order valence-corrected chi connectivity index (χ3v) is 3.86. The molecule has 0 saturated heterocycles. The van der Waals surface area contributed by atoms with Crippen LogP contribution in [0.4, 0.5) is 5.69 Å². The first-order valence-corrected chi connectivity index (χ1v) is 7.00. The first-order valence-electron chi connectivity index (χ1n) is 6.25. The molecule has 0 radical (unpaired) electrons. The number of hydrogen-bond donors (Lipinski definition) is 2. The lowest BCUT2D eigenvalue weighted by atomic mass is 10.2. The van der Waals surface area contributed by atoms with E-state index in [0.29, 0.717) is 11.7 Å². The first-order chi connectivity index (χ1) is 9.63. The van der Waals surface area contributed by atoms with Crippen molar-refractivity contribution >= 4 is 39.8 Å². The van der Waals surface area contributed by atoms with Gasteiger partial charge >= 0.3 is 0 Å². The molecule has 3 rings (SSSR count). The van der Waals surface area contributed by atoms with Crippen molar-refractivity contribution in [2.24, 2.45) is 0 Å². The number of aromatic nitrogens is 2. The minimum absolute atomic E-state index is 0.539. The molecule has 2 heterocycles. The van der Waals surface area contributed by atoms with Crippen molar-refractivity contribution in [3.8, 4) is 0 Å². The average molecular weight is 306 g/mol. The van der Waals surface area contributed by atoms with Gasteiger partial charge in [0.2, 0.25) is 0 Å². The fourth-order valence-corrected chi connectivity index (χ4v) is 2.43. The number of H-pyrrole nitrogens is 1. The van der Waals surface area contributed by atoms with E-state index in [2.05, 4.69) is 15.3 Å². The SMILES string of the molecule is Cc1cc(NCc2c[nH]c3cc(Cl)ccc23)cnc1Cl. The Hall–Kier alpha value is -1.71. The van der Waals surface area contributed by atoms with Crippen molar-refractivity contribution in [2.45, 2.75) is 13.5 Å². The van der Waals surface area contributed by atoms with Crippen molar-refractivity contribution in [3.63, 3.8) is 0 Å². The molecule has 0 spiro atoms. The van der Waals surface area contributed by atoms with E-state index in [-0.39, 0.29) is 0 Å². The van der Waals surface area contributed by atoms with E-state index in [1.54, 1.807) is 6.20 Å². The molecule has 5 heteroatoms. The zero-order valence-corrected chi connectivity index (χ0v) is 12.4. The molecule has 2 N–H and O–H groups in total. The van der Waals surface area contributed by atoms with Gasteiger partial charge in [-0.25, -0.2) is 4.98 Å². The van der Waals surface area contributed by atoms with E-state index in [1.807, 2.05) is 37.4 Å². The summed E-state index contributed by atoms with van der Waals surface area (Å²) in [5.74, 6) is 0. The molecule has 0 amide bonds. The standard InChI is InChI=1S/C15H13Cl2N3/c1-9-4-12(8-20-15(9)17)18-6-10-7-19-14-5-11(16)2-3-13(10)14/h2-5,7-8,18-19H,6H2,1H3. The van der Waals surface area contributed by atoms with Crippen LogP contribution in [-0.4, -0.2) is 9.97 Å². The van der Waals surface area contributed by atoms with E-state index in [4.69, 9.17) is 23.2 Å². The summed E-state index contributed by atoms with van der Waals surface area (Å²) < 4.78 is 0. The fraction of sp³-hybridized carbons (Fsp3) is 0.133. The van der Waals surface area contributed by atoms with Gasteiger partial charge in [-0.1, -0.05) is 29.3 Å². The maximum absolute atomic E-state index is 5.98. The first kappa shape index (κ1) is 13.3. The smallest absolute Gasteiger partial charge is 0.132 e. The van der Waals surface area contributed by atoms with Crippen molar-refractivity contribution in [1.82, 2.24) is 9.97 Å². The molecule has 0 unspecified atom stereocenters. The lowest BCUT2D eigenvalue weighted by molar-refractivity contribution is 1.14. The monoisotopic (exact) mass is 305 g/mol. The molecule has 3 aromatic rings. The number of nitrogens with one attached hydrogen (secondary N) is 2. The van der Waals surface area contributed by atoms with Crippen molar-refractivity contribution in [1.29, 1.82) is 0 Å². The molecule has 2 aromatic heterocycles. The molecule has 0 fully saturated rings. The highest BCUT2D eigenvalue weighted by atomic mass is 35.5. The third-order valence-electron chi connectivity index (χ3n) is 3.23. The Morgan fingerprint density at radius 2 is 2.10 bits per heavy atom. The number of fused-ring (bicyclic) bond motifs is 1. The Morgan fingerprint density at radius 1 is 1.25 bits per heavy atom. The van der Waals surface area contributed by atoms with Crippen LogP contribution in [0.15, 0.2) is 36.7 Å². The maximum Gasteiger partial charge on any atom is 0.132 e. The Morgan fingerprint density at radius 3 is 2.90 bits per heavy atom. The summed E-state index contributed by atoms with van der Waals surface area (Å²) in [6.07, 6.45) is 3.73. The quantitative estimate of drug-likeness (QED) is 0.683. The van der Waals surface area contributed by atoms with E-state index in [9.17, 15) is 0 Å². The van der Waals surface area contributed by atoms with E-state index in [1.165, 1.54) is 10.9 Å². The minimum atomic E-state index is 0.539. The number of hydrogen-bond acceptors (Lipinski definition) is 2. The number of anilines is 1. The van der Waals surface area contributed by atoms with E-state index < -0.39 is 0 Å². The molecule has 0 atom stereocenters. The molecule has 3 nitrogen and oxygen atoms in total. The molecule has 102 valence electrons. The number of benzene rings is 1. The number of aromatic amines is 1. The van der Waals surface area contributed by atoms with Gasteiger partial charge in [0.1, 0.15) is 5.15 Å². The predicted octanol–water partition coefficient (Wildman–Crippen LogP) is 4.79. The highest BCUT2D eigenvalue weighted by Crippen LogP contribution is 2.23. The second-order valence-electron chi connectivity index (χ2n) is 4.69. The number of halogens is 2. The molecule has 0 aliphatic carbocycles. The minimum Gasteiger partial charge on any atom is -0.380 e. The molecule has 0 bridgehead atoms. The fourth-order valence-electron chi connectivity index (χ4n) is 2.16. The van der Waals surface area contributed by atoms with Gasteiger partial charge in [-0.2, -0.15) is 0 Å². The van der Waals surface area contributed by atoms with Crippen LogP contribution >= 0.6 is 23.2 Å². The molecule has 0 aliphatic rings. The number of pyridine rings is 1. The second-order valence-corrected chi connectivity index (χ2v) is 5.48. The molecule has 20 heavy (non-hydrogen) atoms. The highest BCUT2D eigenvalue weighted by Gasteiger charge is 2.05. The Kier molecular flexibility index (Phi) is 3.55. The third kappa shape index (κ3) is 2.60. The van der Waals surface area contributed by atoms with Crippen LogP contribution < -0.4 is 5.32 Å². The summed E-state index contributed by atoms with van der Waals surface area (Å²) in [7, 11) is 0. The van der Waals surface area contributed by atoms with E-state index >= 15 is 0 Å². The summed E-state index contributed by atoms with van der Waals surface area (Å²) in [5.41, 5.74) is 4.14. The van der Waals surface area contributed by atoms with Gasteiger partial charge < -0.3 is 10.3 Å². The second kappa shape index (κ2) is 5.35. The van der Waals surface area contributed by atoms with Gasteiger partial charge in [0.05, 0.1) is 11.9 Å². The number of aryl methyl sites for hydroxylation is 1. The normalized spacial score (nSPS) is 10.9. The van der Waals surface area contributed by atoms with Crippen LogP contribution in [0, 0.1) is 6.92 Å². The van der Waals surface area contributed by atoms with Crippen LogP contribution in [-0.2, 0) is 6.54 Å². The lowest BCUT2D eigenvalue weighted by Gasteiger charge is -2.07. The van der Waals surface area contributed by atoms with Gasteiger partial charge in [0.15, 0.2) is 0 Å². The van der Waals surface area contributed by atoms with Gasteiger partial charge in [0.25, 0.3) is 0 Å². The zero-order chi connectivity index (χ0) is 14.1.